The Kier molecular flexibility index (Phi) is 8.67. The van der Waals surface area contributed by atoms with Gasteiger partial charge >= 0.3 is 0 Å². The number of aromatic nitrogens is 2. The number of nitro groups is 1. The molecule has 1 atom stereocenters. The predicted octanol–water partition coefficient (Wildman–Crippen LogP) is 6.48. The minimum absolute atomic E-state index is 0.0120. The molecule has 4 aromatic rings. The highest BCUT2D eigenvalue weighted by Gasteiger charge is 2.36. The molecule has 0 saturated heterocycles. The van der Waals surface area contributed by atoms with Gasteiger partial charge in [0.25, 0.3) is 15.7 Å². The van der Waals surface area contributed by atoms with Crippen molar-refractivity contribution in [2.45, 2.75) is 17.5 Å². The maximum atomic E-state index is 14.2. The first-order valence-corrected chi connectivity index (χ1v) is 13.9. The summed E-state index contributed by atoms with van der Waals surface area (Å²) in [5.41, 5.74) is 6.64. The number of nitrogens with two attached hydrogens (primary N) is 1. The zero-order chi connectivity index (χ0) is 28.3. The van der Waals surface area contributed by atoms with E-state index in [9.17, 15) is 18.5 Å². The average molecular weight is 628 g/mol. The summed E-state index contributed by atoms with van der Waals surface area (Å²) in [6, 6.07) is 12.4. The highest BCUT2D eigenvalue weighted by molar-refractivity contribution is 7.89. The van der Waals surface area contributed by atoms with Crippen LogP contribution >= 0.6 is 46.4 Å². The van der Waals surface area contributed by atoms with Crippen molar-refractivity contribution in [2.75, 3.05) is 0 Å². The Bertz CT molecular complexity index is 1650. The molecule has 1 unspecified atom stereocenters. The number of non-ortho nitro benzene ring substituents is 1. The van der Waals surface area contributed by atoms with E-state index >= 15 is 0 Å². The van der Waals surface area contributed by atoms with E-state index in [1.165, 1.54) is 36.8 Å². The molecule has 2 N–H and O–H groups in total. The summed E-state index contributed by atoms with van der Waals surface area (Å²) >= 11 is 24.9. The van der Waals surface area contributed by atoms with Crippen LogP contribution in [0.25, 0.3) is 0 Å². The smallest absolute Gasteiger partial charge is 0.269 e. The summed E-state index contributed by atoms with van der Waals surface area (Å²) in [7, 11) is -4.50. The molecule has 39 heavy (non-hydrogen) atoms. The van der Waals surface area contributed by atoms with Gasteiger partial charge in [0.2, 0.25) is 5.96 Å². The van der Waals surface area contributed by atoms with Crippen LogP contribution in [0.3, 0.4) is 0 Å². The Morgan fingerprint density at radius 1 is 1.03 bits per heavy atom. The Labute approximate surface area is 243 Å². The third-order valence-corrected chi connectivity index (χ3v) is 8.45. The minimum atomic E-state index is -4.50. The Morgan fingerprint density at radius 3 is 2.23 bits per heavy atom. The van der Waals surface area contributed by atoms with E-state index in [1.807, 2.05) is 0 Å². The molecule has 0 amide bonds. The molecule has 202 valence electrons. The number of aliphatic imine (C=N–C) groups is 1. The first kappa shape index (κ1) is 28.7. The van der Waals surface area contributed by atoms with Gasteiger partial charge in [0.15, 0.2) is 0 Å². The van der Waals surface area contributed by atoms with Gasteiger partial charge in [-0.15, -0.1) is 0 Å². The maximum absolute atomic E-state index is 14.2. The normalized spacial score (nSPS) is 12.8. The Hall–Kier alpha value is -3.35. The topological polar surface area (TPSA) is 137 Å². The number of halogens is 4. The Balaban J connectivity index is 1.95. The predicted molar refractivity (Wildman–Crippen MR) is 151 cm³/mol. The van der Waals surface area contributed by atoms with Gasteiger partial charge in [0, 0.05) is 46.1 Å². The van der Waals surface area contributed by atoms with Gasteiger partial charge in [-0.1, -0.05) is 52.5 Å². The van der Waals surface area contributed by atoms with Crippen molar-refractivity contribution >= 4 is 73.8 Å². The van der Waals surface area contributed by atoms with Crippen LogP contribution in [0.1, 0.15) is 11.6 Å². The molecule has 4 rings (SSSR count). The van der Waals surface area contributed by atoms with Crippen LogP contribution in [0.15, 0.2) is 89.3 Å². The van der Waals surface area contributed by atoms with Crippen LogP contribution in [-0.2, 0) is 16.6 Å². The van der Waals surface area contributed by atoms with E-state index in [1.54, 1.807) is 22.9 Å². The lowest BCUT2D eigenvalue weighted by molar-refractivity contribution is -0.384. The van der Waals surface area contributed by atoms with Gasteiger partial charge in [-0.2, -0.15) is 0 Å². The lowest BCUT2D eigenvalue weighted by atomic mass is 10.1. The number of nitrogens with zero attached hydrogens (tertiary/aromatic N) is 5. The molecule has 0 aliphatic rings. The fraction of sp³-hybridized carbons (Fsp3) is 0.0833. The second kappa shape index (κ2) is 11.8. The van der Waals surface area contributed by atoms with Crippen LogP contribution < -0.4 is 5.73 Å². The molecule has 1 heterocycles. The monoisotopic (exact) mass is 626 g/mol. The lowest BCUT2D eigenvalue weighted by Crippen LogP contribution is -2.45. The molecule has 0 spiro atoms. The van der Waals surface area contributed by atoms with Crippen molar-refractivity contribution in [2.24, 2.45) is 10.7 Å². The largest absolute Gasteiger partial charge is 0.369 e. The molecule has 1 aromatic heterocycles. The van der Waals surface area contributed by atoms with E-state index in [-0.39, 0.29) is 32.9 Å². The average Bonchev–Trinajstić information content (AvgIpc) is 3.38. The van der Waals surface area contributed by atoms with Crippen LogP contribution in [-0.4, -0.2) is 33.2 Å². The molecule has 3 aromatic carbocycles. The summed E-state index contributed by atoms with van der Waals surface area (Å²) < 4.78 is 30.8. The van der Waals surface area contributed by atoms with Gasteiger partial charge in [-0.25, -0.2) is 22.7 Å². The second-order valence-corrected chi connectivity index (χ2v) is 11.6. The van der Waals surface area contributed by atoms with Crippen molar-refractivity contribution in [3.63, 3.8) is 0 Å². The number of nitro benzene ring substituents is 1. The van der Waals surface area contributed by atoms with Crippen molar-refractivity contribution in [3.8, 4) is 0 Å². The summed E-state index contributed by atoms with van der Waals surface area (Å²) in [4.78, 5) is 18.6. The zero-order valence-electron chi connectivity index (χ0n) is 19.7. The van der Waals surface area contributed by atoms with E-state index < -0.39 is 26.9 Å². The quantitative estimate of drug-likeness (QED) is 0.103. The fourth-order valence-electron chi connectivity index (χ4n) is 3.71. The summed E-state index contributed by atoms with van der Waals surface area (Å²) in [6.45, 7) is 0.0120. The standard InChI is InChI=1S/C24H18Cl4N6O4S/c25-15-1-7-19(20(27)11-15)23(13-32-10-9-30-14-32)33(24(29)31-22-8-2-16(26)12-21(22)28)39(37,38)18-5-3-17(4-6-18)34(35)36/h1-12,14,23H,13H2,(H2,29,31). The molecule has 0 fully saturated rings. The van der Waals surface area contributed by atoms with E-state index in [2.05, 4.69) is 9.98 Å². The first-order chi connectivity index (χ1) is 18.5. The van der Waals surface area contributed by atoms with E-state index in [4.69, 9.17) is 52.1 Å². The number of guanidine groups is 1. The van der Waals surface area contributed by atoms with Crippen LogP contribution in [0.5, 0.6) is 0 Å². The number of imidazole rings is 1. The number of hydrogen-bond acceptors (Lipinski definition) is 6. The maximum Gasteiger partial charge on any atom is 0.269 e. The molecular formula is C24H18Cl4N6O4S. The highest BCUT2D eigenvalue weighted by Crippen LogP contribution is 2.36. The van der Waals surface area contributed by atoms with Crippen LogP contribution in [0, 0.1) is 10.1 Å². The van der Waals surface area contributed by atoms with Gasteiger partial charge in [-0.05, 0) is 48.0 Å². The number of sulfonamides is 1. The molecule has 15 heteroatoms. The van der Waals surface area contributed by atoms with Gasteiger partial charge < -0.3 is 10.3 Å². The van der Waals surface area contributed by atoms with E-state index in [0.29, 0.717) is 15.6 Å². The van der Waals surface area contributed by atoms with Crippen molar-refractivity contribution in [1.29, 1.82) is 0 Å². The Morgan fingerprint density at radius 2 is 1.67 bits per heavy atom. The molecule has 0 saturated carbocycles. The molecule has 0 bridgehead atoms. The summed E-state index contributed by atoms with van der Waals surface area (Å²) in [5.74, 6) is -0.450. The molecule has 0 radical (unpaired) electrons. The van der Waals surface area contributed by atoms with Crippen LogP contribution in [0.2, 0.25) is 20.1 Å². The highest BCUT2D eigenvalue weighted by atomic mass is 35.5. The van der Waals surface area contributed by atoms with Crippen LogP contribution in [0.4, 0.5) is 11.4 Å². The third-order valence-electron chi connectivity index (χ3n) is 5.52. The SMILES string of the molecule is NC(=Nc1ccc(Cl)cc1Cl)N(C(Cn1ccnc1)c1ccc(Cl)cc1Cl)S(=O)(=O)c1ccc([N+](=O)[O-])cc1. The first-order valence-electron chi connectivity index (χ1n) is 11.0. The molecule has 10 nitrogen and oxygen atoms in total. The third kappa shape index (κ3) is 6.45. The number of benzene rings is 3. The van der Waals surface area contributed by atoms with Crippen molar-refractivity contribution < 1.29 is 13.3 Å². The number of hydrogen-bond donors (Lipinski definition) is 1. The summed E-state index contributed by atoms with van der Waals surface area (Å²) in [6.07, 6.45) is 4.66. The van der Waals surface area contributed by atoms with Gasteiger partial charge in [0.05, 0.1) is 32.9 Å². The lowest BCUT2D eigenvalue weighted by Gasteiger charge is -2.33. The minimum Gasteiger partial charge on any atom is -0.369 e. The van der Waals surface area contributed by atoms with Crippen molar-refractivity contribution in [1.82, 2.24) is 13.9 Å². The van der Waals surface area contributed by atoms with Gasteiger partial charge in [-0.3, -0.25) is 10.1 Å². The number of rotatable bonds is 8. The molecule has 0 aliphatic heterocycles. The van der Waals surface area contributed by atoms with Crippen molar-refractivity contribution in [3.05, 3.63) is 115 Å². The zero-order valence-corrected chi connectivity index (χ0v) is 23.5. The molecular weight excluding hydrogens is 610 g/mol. The van der Waals surface area contributed by atoms with Gasteiger partial charge in [0.1, 0.15) is 0 Å². The molecule has 0 aliphatic carbocycles. The second-order valence-electron chi connectivity index (χ2n) is 8.06. The summed E-state index contributed by atoms with van der Waals surface area (Å²) in [5, 5.41) is 12.1. The fourth-order valence-corrected chi connectivity index (χ4v) is 6.21. The van der Waals surface area contributed by atoms with E-state index in [0.717, 1.165) is 28.6 Å².